The molecule has 1 saturated heterocycles. The van der Waals surface area contributed by atoms with Gasteiger partial charge in [0, 0.05) is 25.1 Å². The molecular weight excluding hydrogens is 484 g/mol. The standard InChI is InChI=1S/C20H18ClF2N3O4S2/c1-30-15-4-3-13(21)18-17(15)24-20(31-18)25-19(27)11-6-8-26(9-7-11)32(28,29)16-5-2-12(22)10-14(16)23/h2-5,10-11H,6-9H2,1H3,(H,24,25,27). The van der Waals surface area contributed by atoms with E-state index in [-0.39, 0.29) is 31.8 Å². The molecule has 32 heavy (non-hydrogen) atoms. The molecule has 0 saturated carbocycles. The van der Waals surface area contributed by atoms with Crippen molar-refractivity contribution in [2.45, 2.75) is 17.7 Å². The van der Waals surface area contributed by atoms with Gasteiger partial charge >= 0.3 is 0 Å². The molecule has 7 nitrogen and oxygen atoms in total. The molecule has 1 N–H and O–H groups in total. The van der Waals surface area contributed by atoms with Gasteiger partial charge in [-0.15, -0.1) is 0 Å². The second-order valence-electron chi connectivity index (χ2n) is 7.19. The van der Waals surface area contributed by atoms with E-state index in [0.29, 0.717) is 32.2 Å². The number of carbonyl (C=O) groups is 1. The molecule has 1 fully saturated rings. The molecule has 2 heterocycles. The number of nitrogens with zero attached hydrogens (tertiary/aromatic N) is 2. The van der Waals surface area contributed by atoms with Gasteiger partial charge in [-0.2, -0.15) is 4.31 Å². The number of methoxy groups -OCH3 is 1. The van der Waals surface area contributed by atoms with Crippen LogP contribution in [0.4, 0.5) is 13.9 Å². The second-order valence-corrected chi connectivity index (χ2v) is 10.5. The summed E-state index contributed by atoms with van der Waals surface area (Å²) in [6.07, 6.45) is 0.506. The van der Waals surface area contributed by atoms with Gasteiger partial charge in [0.1, 0.15) is 27.8 Å². The summed E-state index contributed by atoms with van der Waals surface area (Å²) in [5, 5.41) is 3.62. The maximum Gasteiger partial charge on any atom is 0.245 e. The maximum atomic E-state index is 14.0. The molecule has 2 aromatic carbocycles. The summed E-state index contributed by atoms with van der Waals surface area (Å²) < 4.78 is 59.6. The Morgan fingerprint density at radius 1 is 1.25 bits per heavy atom. The molecule has 12 heteroatoms. The third kappa shape index (κ3) is 4.29. The Bertz CT molecular complexity index is 1290. The first-order valence-electron chi connectivity index (χ1n) is 9.60. The molecule has 0 atom stereocenters. The molecule has 0 unspecified atom stereocenters. The van der Waals surface area contributed by atoms with Gasteiger partial charge in [-0.25, -0.2) is 22.2 Å². The minimum Gasteiger partial charge on any atom is -0.494 e. The van der Waals surface area contributed by atoms with Crippen LogP contribution in [0.1, 0.15) is 12.8 Å². The lowest BCUT2D eigenvalue weighted by Gasteiger charge is -2.30. The van der Waals surface area contributed by atoms with Gasteiger partial charge < -0.3 is 10.1 Å². The number of piperidine rings is 1. The molecule has 0 radical (unpaired) electrons. The highest BCUT2D eigenvalue weighted by Gasteiger charge is 2.34. The van der Waals surface area contributed by atoms with E-state index >= 15 is 0 Å². The Kier molecular flexibility index (Phi) is 6.35. The first-order valence-corrected chi connectivity index (χ1v) is 12.2. The first kappa shape index (κ1) is 22.8. The predicted octanol–water partition coefficient (Wildman–Crippen LogP) is 4.28. The van der Waals surface area contributed by atoms with Crippen LogP contribution in [0, 0.1) is 17.6 Å². The summed E-state index contributed by atoms with van der Waals surface area (Å²) in [5.74, 6) is -2.19. The average Bonchev–Trinajstić information content (AvgIpc) is 3.18. The number of halogens is 3. The lowest BCUT2D eigenvalue weighted by atomic mass is 9.97. The Balaban J connectivity index is 1.44. The molecule has 0 bridgehead atoms. The number of nitrogens with one attached hydrogen (secondary N) is 1. The van der Waals surface area contributed by atoms with E-state index in [4.69, 9.17) is 16.3 Å². The largest absolute Gasteiger partial charge is 0.494 e. The number of rotatable bonds is 5. The van der Waals surface area contributed by atoms with Gasteiger partial charge in [0.05, 0.1) is 16.8 Å². The third-order valence-corrected chi connectivity index (χ3v) is 8.61. The number of ether oxygens (including phenoxy) is 1. The van der Waals surface area contributed by atoms with Crippen LogP contribution in [-0.4, -0.2) is 43.8 Å². The SMILES string of the molecule is COc1ccc(Cl)c2sc(NC(=O)C3CCN(S(=O)(=O)c4ccc(F)cc4F)CC3)nc12. The van der Waals surface area contributed by atoms with Crippen molar-refractivity contribution in [3.8, 4) is 5.75 Å². The Morgan fingerprint density at radius 2 is 1.97 bits per heavy atom. The number of thiazole rings is 1. The molecular formula is C20H18ClF2N3O4S2. The van der Waals surface area contributed by atoms with Crippen LogP contribution in [0.25, 0.3) is 10.2 Å². The number of anilines is 1. The molecule has 1 aromatic heterocycles. The molecule has 170 valence electrons. The van der Waals surface area contributed by atoms with E-state index in [1.54, 1.807) is 12.1 Å². The summed E-state index contributed by atoms with van der Waals surface area (Å²) in [4.78, 5) is 16.5. The Labute approximate surface area is 192 Å². The van der Waals surface area contributed by atoms with E-state index in [0.717, 1.165) is 16.4 Å². The molecule has 3 aromatic rings. The second kappa shape index (κ2) is 8.89. The topological polar surface area (TPSA) is 88.6 Å². The summed E-state index contributed by atoms with van der Waals surface area (Å²) in [5.41, 5.74) is 0.544. The van der Waals surface area contributed by atoms with E-state index in [2.05, 4.69) is 10.3 Å². The van der Waals surface area contributed by atoms with Crippen molar-refractivity contribution in [1.82, 2.24) is 9.29 Å². The van der Waals surface area contributed by atoms with Crippen molar-refractivity contribution in [2.24, 2.45) is 5.92 Å². The number of hydrogen-bond donors (Lipinski definition) is 1. The average molecular weight is 502 g/mol. The highest BCUT2D eigenvalue weighted by atomic mass is 35.5. The van der Waals surface area contributed by atoms with Gasteiger partial charge in [-0.3, -0.25) is 4.79 Å². The van der Waals surface area contributed by atoms with Crippen LogP contribution in [0.2, 0.25) is 5.02 Å². The fraction of sp³-hybridized carbons (Fsp3) is 0.300. The first-order chi connectivity index (χ1) is 15.2. The van der Waals surface area contributed by atoms with Crippen molar-refractivity contribution >= 4 is 54.2 Å². The highest BCUT2D eigenvalue weighted by Crippen LogP contribution is 2.37. The maximum absolute atomic E-state index is 14.0. The van der Waals surface area contributed by atoms with Crippen LogP contribution in [0.15, 0.2) is 35.2 Å². The lowest BCUT2D eigenvalue weighted by molar-refractivity contribution is -0.120. The lowest BCUT2D eigenvalue weighted by Crippen LogP contribution is -2.41. The molecule has 1 aliphatic heterocycles. The van der Waals surface area contributed by atoms with Gasteiger partial charge in [-0.05, 0) is 37.1 Å². The molecule has 0 aliphatic carbocycles. The number of aromatic nitrogens is 1. The highest BCUT2D eigenvalue weighted by molar-refractivity contribution is 7.89. The van der Waals surface area contributed by atoms with E-state index in [1.807, 2.05) is 0 Å². The van der Waals surface area contributed by atoms with Gasteiger partial charge in [0.15, 0.2) is 5.13 Å². The predicted molar refractivity (Wildman–Crippen MR) is 118 cm³/mol. The fourth-order valence-electron chi connectivity index (χ4n) is 3.56. The van der Waals surface area contributed by atoms with E-state index < -0.39 is 32.5 Å². The quantitative estimate of drug-likeness (QED) is 0.564. The fourth-order valence-corrected chi connectivity index (χ4v) is 6.23. The van der Waals surface area contributed by atoms with Crippen molar-refractivity contribution in [1.29, 1.82) is 0 Å². The number of carbonyl (C=O) groups excluding carboxylic acids is 1. The zero-order valence-electron chi connectivity index (χ0n) is 16.8. The van der Waals surface area contributed by atoms with Gasteiger partial charge in [0.25, 0.3) is 0 Å². The van der Waals surface area contributed by atoms with Crippen molar-refractivity contribution < 1.29 is 26.7 Å². The zero-order valence-corrected chi connectivity index (χ0v) is 19.2. The van der Waals surface area contributed by atoms with Crippen molar-refractivity contribution in [3.63, 3.8) is 0 Å². The number of hydrogen-bond acceptors (Lipinski definition) is 6. The van der Waals surface area contributed by atoms with Gasteiger partial charge in [0.2, 0.25) is 15.9 Å². The van der Waals surface area contributed by atoms with E-state index in [9.17, 15) is 22.0 Å². The Morgan fingerprint density at radius 3 is 2.62 bits per heavy atom. The summed E-state index contributed by atoms with van der Waals surface area (Å²) >= 11 is 7.42. The summed E-state index contributed by atoms with van der Waals surface area (Å²) in [7, 11) is -2.61. The normalized spacial score (nSPS) is 15.8. The minimum absolute atomic E-state index is 0.0384. The number of sulfonamides is 1. The van der Waals surface area contributed by atoms with Crippen LogP contribution in [0.5, 0.6) is 5.75 Å². The zero-order chi connectivity index (χ0) is 23.0. The van der Waals surface area contributed by atoms with Crippen LogP contribution in [0.3, 0.4) is 0 Å². The monoisotopic (exact) mass is 501 g/mol. The molecule has 4 rings (SSSR count). The van der Waals surface area contributed by atoms with Crippen molar-refractivity contribution in [3.05, 3.63) is 47.0 Å². The number of amides is 1. The smallest absolute Gasteiger partial charge is 0.245 e. The summed E-state index contributed by atoms with van der Waals surface area (Å²) in [6.45, 7) is 0.0768. The molecule has 1 aliphatic rings. The van der Waals surface area contributed by atoms with E-state index in [1.165, 1.54) is 18.4 Å². The van der Waals surface area contributed by atoms with Crippen LogP contribution in [-0.2, 0) is 14.8 Å². The number of benzene rings is 2. The molecule has 1 amide bonds. The van der Waals surface area contributed by atoms with Crippen LogP contribution >= 0.6 is 22.9 Å². The molecule has 0 spiro atoms. The van der Waals surface area contributed by atoms with Crippen LogP contribution < -0.4 is 10.1 Å². The number of fused-ring (bicyclic) bond motifs is 1. The van der Waals surface area contributed by atoms with Gasteiger partial charge in [-0.1, -0.05) is 22.9 Å². The summed E-state index contributed by atoms with van der Waals surface area (Å²) in [6, 6.07) is 5.72. The third-order valence-electron chi connectivity index (χ3n) is 5.25. The Hall–Kier alpha value is -2.34. The van der Waals surface area contributed by atoms with Crippen molar-refractivity contribution in [2.75, 3.05) is 25.5 Å². The minimum atomic E-state index is -4.13.